The summed E-state index contributed by atoms with van der Waals surface area (Å²) in [5.41, 5.74) is 1.93. The standard InChI is InChI=1S/C14H14ClNOS/c1-10(17)11-6-7-14(16-8-11)18-9-12-4-2-3-5-13(12)15/h2-8,10,17H,9H2,1H3/t10-/m1/s1. The summed E-state index contributed by atoms with van der Waals surface area (Å²) in [6.45, 7) is 1.73. The molecule has 0 aliphatic carbocycles. The van der Waals surface area contributed by atoms with E-state index >= 15 is 0 Å². The van der Waals surface area contributed by atoms with Crippen molar-refractivity contribution in [2.24, 2.45) is 0 Å². The van der Waals surface area contributed by atoms with Gasteiger partial charge >= 0.3 is 0 Å². The predicted octanol–water partition coefficient (Wildman–Crippen LogP) is 4.08. The minimum Gasteiger partial charge on any atom is -0.389 e. The van der Waals surface area contributed by atoms with Crippen LogP contribution < -0.4 is 0 Å². The maximum Gasteiger partial charge on any atom is 0.0963 e. The second kappa shape index (κ2) is 6.23. The first kappa shape index (κ1) is 13.4. The first-order valence-corrected chi connectivity index (χ1v) is 7.03. The molecule has 18 heavy (non-hydrogen) atoms. The number of aromatic nitrogens is 1. The summed E-state index contributed by atoms with van der Waals surface area (Å²) in [6.07, 6.45) is 1.24. The number of thioether (sulfide) groups is 1. The third-order valence-electron chi connectivity index (χ3n) is 2.58. The zero-order chi connectivity index (χ0) is 13.0. The SMILES string of the molecule is C[C@@H](O)c1ccc(SCc2ccccc2Cl)nc1. The molecule has 2 rings (SSSR count). The Morgan fingerprint density at radius 1 is 1.28 bits per heavy atom. The minimum atomic E-state index is -0.472. The number of aliphatic hydroxyl groups is 1. The Morgan fingerprint density at radius 2 is 2.06 bits per heavy atom. The maximum atomic E-state index is 9.39. The second-order valence-corrected chi connectivity index (χ2v) is 5.39. The number of benzene rings is 1. The van der Waals surface area contributed by atoms with Crippen molar-refractivity contribution in [3.8, 4) is 0 Å². The van der Waals surface area contributed by atoms with E-state index < -0.39 is 6.10 Å². The topological polar surface area (TPSA) is 33.1 Å². The third-order valence-corrected chi connectivity index (χ3v) is 3.94. The van der Waals surface area contributed by atoms with E-state index in [1.807, 2.05) is 36.4 Å². The predicted molar refractivity (Wildman–Crippen MR) is 75.9 cm³/mol. The number of pyridine rings is 1. The average Bonchev–Trinajstić information content (AvgIpc) is 2.38. The van der Waals surface area contributed by atoms with Crippen molar-refractivity contribution in [1.82, 2.24) is 4.98 Å². The molecule has 1 atom stereocenters. The van der Waals surface area contributed by atoms with Gasteiger partial charge in [-0.15, -0.1) is 11.8 Å². The first-order valence-electron chi connectivity index (χ1n) is 5.67. The minimum absolute atomic E-state index is 0.472. The number of hydrogen-bond donors (Lipinski definition) is 1. The Morgan fingerprint density at radius 3 is 2.67 bits per heavy atom. The average molecular weight is 280 g/mol. The van der Waals surface area contributed by atoms with Crippen LogP contribution in [0.3, 0.4) is 0 Å². The normalized spacial score (nSPS) is 12.4. The van der Waals surface area contributed by atoms with Crippen LogP contribution >= 0.6 is 23.4 Å². The van der Waals surface area contributed by atoms with Crippen molar-refractivity contribution >= 4 is 23.4 Å². The van der Waals surface area contributed by atoms with Crippen LogP contribution in [0, 0.1) is 0 Å². The van der Waals surface area contributed by atoms with E-state index in [2.05, 4.69) is 4.98 Å². The summed E-state index contributed by atoms with van der Waals surface area (Å²) in [4.78, 5) is 4.30. The van der Waals surface area contributed by atoms with Crippen molar-refractivity contribution in [2.75, 3.05) is 0 Å². The van der Waals surface area contributed by atoms with Gasteiger partial charge in [0.2, 0.25) is 0 Å². The summed E-state index contributed by atoms with van der Waals surface area (Å²) in [6, 6.07) is 11.6. The van der Waals surface area contributed by atoms with Gasteiger partial charge in [-0.1, -0.05) is 35.9 Å². The van der Waals surface area contributed by atoms with E-state index in [-0.39, 0.29) is 0 Å². The molecule has 0 spiro atoms. The fourth-order valence-electron chi connectivity index (χ4n) is 1.49. The number of hydrogen-bond acceptors (Lipinski definition) is 3. The largest absolute Gasteiger partial charge is 0.389 e. The van der Waals surface area contributed by atoms with Gasteiger partial charge in [0.25, 0.3) is 0 Å². The summed E-state index contributed by atoms with van der Waals surface area (Å²) in [5, 5.41) is 11.1. The molecule has 94 valence electrons. The zero-order valence-corrected chi connectivity index (χ0v) is 11.6. The molecule has 0 bridgehead atoms. The maximum absolute atomic E-state index is 9.39. The van der Waals surface area contributed by atoms with Crippen molar-refractivity contribution in [1.29, 1.82) is 0 Å². The lowest BCUT2D eigenvalue weighted by molar-refractivity contribution is 0.198. The molecule has 0 aliphatic heterocycles. The Hall–Kier alpha value is -1.03. The molecule has 0 amide bonds. The van der Waals surface area contributed by atoms with Crippen molar-refractivity contribution in [3.05, 3.63) is 58.7 Å². The van der Waals surface area contributed by atoms with Gasteiger partial charge in [0.05, 0.1) is 11.1 Å². The van der Waals surface area contributed by atoms with E-state index in [9.17, 15) is 5.11 Å². The fourth-order valence-corrected chi connectivity index (χ4v) is 2.62. The third kappa shape index (κ3) is 3.48. The Labute approximate surface area is 116 Å². The van der Waals surface area contributed by atoms with Crippen LogP contribution in [0.4, 0.5) is 0 Å². The molecule has 4 heteroatoms. The van der Waals surface area contributed by atoms with E-state index in [4.69, 9.17) is 11.6 Å². The van der Waals surface area contributed by atoms with E-state index in [0.717, 1.165) is 26.9 Å². The lowest BCUT2D eigenvalue weighted by atomic mass is 10.2. The van der Waals surface area contributed by atoms with Crippen molar-refractivity contribution in [2.45, 2.75) is 23.8 Å². The van der Waals surface area contributed by atoms with Gasteiger partial charge in [0, 0.05) is 17.0 Å². The highest BCUT2D eigenvalue weighted by atomic mass is 35.5. The van der Waals surface area contributed by atoms with E-state index in [0.29, 0.717) is 0 Å². The number of nitrogens with zero attached hydrogens (tertiary/aromatic N) is 1. The molecule has 1 aromatic carbocycles. The summed E-state index contributed by atoms with van der Waals surface area (Å²) < 4.78 is 0. The molecule has 0 aliphatic rings. The lowest BCUT2D eigenvalue weighted by Crippen LogP contribution is -1.92. The Bertz CT molecular complexity index is 513. The van der Waals surface area contributed by atoms with Crippen LogP contribution in [-0.2, 0) is 5.75 Å². The Kier molecular flexibility index (Phi) is 4.64. The van der Waals surface area contributed by atoms with E-state index in [1.54, 1.807) is 24.9 Å². The molecule has 0 fully saturated rings. The molecule has 1 heterocycles. The Balaban J connectivity index is 2.00. The molecule has 0 saturated heterocycles. The monoisotopic (exact) mass is 279 g/mol. The number of halogens is 1. The van der Waals surface area contributed by atoms with Crippen molar-refractivity contribution in [3.63, 3.8) is 0 Å². The molecular formula is C14H14ClNOS. The second-order valence-electron chi connectivity index (χ2n) is 3.99. The van der Waals surface area contributed by atoms with Gasteiger partial charge in [-0.2, -0.15) is 0 Å². The fraction of sp³-hybridized carbons (Fsp3) is 0.214. The highest BCUT2D eigenvalue weighted by Crippen LogP contribution is 2.25. The van der Waals surface area contributed by atoms with Gasteiger partial charge in [-0.05, 0) is 30.2 Å². The van der Waals surface area contributed by atoms with Crippen LogP contribution in [0.25, 0.3) is 0 Å². The van der Waals surface area contributed by atoms with Crippen LogP contribution in [0.5, 0.6) is 0 Å². The number of aliphatic hydroxyl groups excluding tert-OH is 1. The first-order chi connectivity index (χ1) is 8.66. The van der Waals surface area contributed by atoms with Gasteiger partial charge < -0.3 is 5.11 Å². The van der Waals surface area contributed by atoms with Gasteiger partial charge in [-0.25, -0.2) is 4.98 Å². The van der Waals surface area contributed by atoms with Crippen molar-refractivity contribution < 1.29 is 5.11 Å². The molecule has 1 aromatic heterocycles. The summed E-state index contributed by atoms with van der Waals surface area (Å²) in [7, 11) is 0. The molecule has 1 N–H and O–H groups in total. The molecule has 0 radical (unpaired) electrons. The molecule has 0 saturated carbocycles. The molecule has 2 nitrogen and oxygen atoms in total. The summed E-state index contributed by atoms with van der Waals surface area (Å²) in [5.74, 6) is 0.792. The van der Waals surface area contributed by atoms with Gasteiger partial charge in [0.1, 0.15) is 0 Å². The van der Waals surface area contributed by atoms with E-state index in [1.165, 1.54) is 0 Å². The summed E-state index contributed by atoms with van der Waals surface area (Å²) >= 11 is 7.72. The van der Waals surface area contributed by atoms with Gasteiger partial charge in [0.15, 0.2) is 0 Å². The highest BCUT2D eigenvalue weighted by Gasteiger charge is 2.03. The van der Waals surface area contributed by atoms with Gasteiger partial charge in [-0.3, -0.25) is 0 Å². The molecule has 0 unspecified atom stereocenters. The van der Waals surface area contributed by atoms with Crippen LogP contribution in [0.1, 0.15) is 24.2 Å². The smallest absolute Gasteiger partial charge is 0.0963 e. The van der Waals surface area contributed by atoms with Crippen LogP contribution in [-0.4, -0.2) is 10.1 Å². The lowest BCUT2D eigenvalue weighted by Gasteiger charge is -2.06. The molecular weight excluding hydrogens is 266 g/mol. The quantitative estimate of drug-likeness (QED) is 0.856. The zero-order valence-electron chi connectivity index (χ0n) is 10.0. The van der Waals surface area contributed by atoms with Crippen LogP contribution in [0.2, 0.25) is 5.02 Å². The number of rotatable bonds is 4. The van der Waals surface area contributed by atoms with Crippen LogP contribution in [0.15, 0.2) is 47.6 Å². The molecule has 2 aromatic rings. The highest BCUT2D eigenvalue weighted by molar-refractivity contribution is 7.98.